The third kappa shape index (κ3) is 3.81. The van der Waals surface area contributed by atoms with Crippen molar-refractivity contribution < 1.29 is 4.74 Å². The molecule has 0 atom stereocenters. The van der Waals surface area contributed by atoms with Gasteiger partial charge in [0.2, 0.25) is 0 Å². The summed E-state index contributed by atoms with van der Waals surface area (Å²) in [6.45, 7) is 8.47. The van der Waals surface area contributed by atoms with Crippen molar-refractivity contribution in [3.05, 3.63) is 18.2 Å². The molecule has 0 unspecified atom stereocenters. The Labute approximate surface area is 123 Å². The van der Waals surface area contributed by atoms with Gasteiger partial charge < -0.3 is 15.4 Å². The van der Waals surface area contributed by atoms with Crippen LogP contribution >= 0.6 is 0 Å². The first-order valence-electron chi connectivity index (χ1n) is 7.91. The molecule has 2 rings (SSSR count). The largest absolute Gasteiger partial charge is 0.491 e. The molecule has 0 spiro atoms. The number of para-hydroxylation sites is 1. The Morgan fingerprint density at radius 3 is 2.70 bits per heavy atom. The first-order valence-corrected chi connectivity index (χ1v) is 7.91. The molecule has 0 amide bonds. The number of nitrogens with two attached hydrogens (primary N) is 1. The van der Waals surface area contributed by atoms with E-state index < -0.39 is 0 Å². The summed E-state index contributed by atoms with van der Waals surface area (Å²) in [5.41, 5.74) is 8.29. The highest BCUT2D eigenvalue weighted by molar-refractivity contribution is 5.74. The minimum atomic E-state index is 0.678. The van der Waals surface area contributed by atoms with Crippen molar-refractivity contribution in [3.63, 3.8) is 0 Å². The zero-order valence-corrected chi connectivity index (χ0v) is 13.1. The van der Waals surface area contributed by atoms with Crippen LogP contribution in [0.15, 0.2) is 18.2 Å². The topological polar surface area (TPSA) is 38.5 Å². The van der Waals surface area contributed by atoms with Gasteiger partial charge in [-0.05, 0) is 43.7 Å². The highest BCUT2D eigenvalue weighted by atomic mass is 16.5. The van der Waals surface area contributed by atoms with Gasteiger partial charge in [-0.2, -0.15) is 0 Å². The van der Waals surface area contributed by atoms with Gasteiger partial charge in [0, 0.05) is 12.6 Å². The molecular weight excluding hydrogens is 248 g/mol. The molecule has 112 valence electrons. The summed E-state index contributed by atoms with van der Waals surface area (Å²) in [4.78, 5) is 2.48. The van der Waals surface area contributed by atoms with E-state index in [1.165, 1.54) is 19.3 Å². The van der Waals surface area contributed by atoms with E-state index in [4.69, 9.17) is 10.5 Å². The first-order chi connectivity index (χ1) is 9.63. The normalized spacial score (nSPS) is 14.6. The lowest BCUT2D eigenvalue weighted by Crippen LogP contribution is -2.28. The fraction of sp³-hybridized carbons (Fsp3) is 0.647. The molecule has 0 bridgehead atoms. The van der Waals surface area contributed by atoms with Gasteiger partial charge in [-0.25, -0.2) is 0 Å². The van der Waals surface area contributed by atoms with Gasteiger partial charge in [-0.15, -0.1) is 0 Å². The molecule has 20 heavy (non-hydrogen) atoms. The lowest BCUT2D eigenvalue weighted by molar-refractivity contribution is 0.319. The minimum absolute atomic E-state index is 0.678. The van der Waals surface area contributed by atoms with Gasteiger partial charge in [0.1, 0.15) is 5.75 Å². The second-order valence-electron chi connectivity index (χ2n) is 6.14. The fourth-order valence-electron chi connectivity index (χ4n) is 2.40. The minimum Gasteiger partial charge on any atom is -0.491 e. The van der Waals surface area contributed by atoms with Crippen LogP contribution in [0.1, 0.15) is 46.5 Å². The quantitative estimate of drug-likeness (QED) is 0.727. The van der Waals surface area contributed by atoms with Crippen molar-refractivity contribution in [2.45, 2.75) is 52.5 Å². The smallest absolute Gasteiger partial charge is 0.144 e. The number of nitrogens with zero attached hydrogens (tertiary/aromatic N) is 1. The van der Waals surface area contributed by atoms with Gasteiger partial charge in [-0.3, -0.25) is 0 Å². The van der Waals surface area contributed by atoms with Crippen molar-refractivity contribution in [1.29, 1.82) is 0 Å². The number of nitrogen functional groups attached to an aromatic ring is 1. The van der Waals surface area contributed by atoms with Crippen LogP contribution in [0.25, 0.3) is 0 Å². The van der Waals surface area contributed by atoms with Crippen LogP contribution in [0.4, 0.5) is 11.4 Å². The van der Waals surface area contributed by atoms with Crippen molar-refractivity contribution in [2.75, 3.05) is 23.8 Å². The monoisotopic (exact) mass is 276 g/mol. The summed E-state index contributed by atoms with van der Waals surface area (Å²) in [5, 5.41) is 0. The Kier molecular flexibility index (Phi) is 5.16. The van der Waals surface area contributed by atoms with Crippen molar-refractivity contribution in [3.8, 4) is 5.75 Å². The van der Waals surface area contributed by atoms with E-state index >= 15 is 0 Å². The summed E-state index contributed by atoms with van der Waals surface area (Å²) in [6, 6.07) is 6.84. The van der Waals surface area contributed by atoms with Crippen LogP contribution in [0.2, 0.25) is 0 Å². The van der Waals surface area contributed by atoms with E-state index in [9.17, 15) is 0 Å². The Bertz CT molecular complexity index is 427. The SMILES string of the molecule is CCCOc1cccc(N(CCC(C)C)C2CC2)c1N. The molecule has 0 saturated heterocycles. The number of hydrogen-bond donors (Lipinski definition) is 1. The third-order valence-electron chi connectivity index (χ3n) is 3.75. The van der Waals surface area contributed by atoms with Crippen LogP contribution in [-0.4, -0.2) is 19.2 Å². The molecule has 0 aromatic heterocycles. The summed E-state index contributed by atoms with van der Waals surface area (Å²) in [6.07, 6.45) is 4.79. The van der Waals surface area contributed by atoms with Gasteiger partial charge >= 0.3 is 0 Å². The highest BCUT2D eigenvalue weighted by Gasteiger charge is 2.30. The number of anilines is 2. The fourth-order valence-corrected chi connectivity index (χ4v) is 2.40. The van der Waals surface area contributed by atoms with E-state index in [-0.39, 0.29) is 0 Å². The molecular formula is C17H28N2O. The molecule has 3 heteroatoms. The molecule has 0 heterocycles. The molecule has 1 saturated carbocycles. The van der Waals surface area contributed by atoms with Gasteiger partial charge in [-0.1, -0.05) is 26.8 Å². The Balaban J connectivity index is 2.15. The summed E-state index contributed by atoms with van der Waals surface area (Å²) >= 11 is 0. The maximum absolute atomic E-state index is 6.33. The molecule has 2 N–H and O–H groups in total. The van der Waals surface area contributed by atoms with Gasteiger partial charge in [0.05, 0.1) is 18.0 Å². The molecule has 1 aliphatic carbocycles. The van der Waals surface area contributed by atoms with Crippen molar-refractivity contribution >= 4 is 11.4 Å². The second kappa shape index (κ2) is 6.87. The number of ether oxygens (including phenoxy) is 1. The molecule has 0 radical (unpaired) electrons. The lowest BCUT2D eigenvalue weighted by atomic mass is 10.1. The highest BCUT2D eigenvalue weighted by Crippen LogP contribution is 2.39. The van der Waals surface area contributed by atoms with Crippen molar-refractivity contribution in [1.82, 2.24) is 0 Å². The van der Waals surface area contributed by atoms with Crippen LogP contribution in [0.3, 0.4) is 0 Å². The summed E-state index contributed by atoms with van der Waals surface area (Å²) in [7, 11) is 0. The maximum Gasteiger partial charge on any atom is 0.144 e. The van der Waals surface area contributed by atoms with Crippen LogP contribution in [0.5, 0.6) is 5.75 Å². The van der Waals surface area contributed by atoms with E-state index in [0.29, 0.717) is 6.04 Å². The average molecular weight is 276 g/mol. The lowest BCUT2D eigenvalue weighted by Gasteiger charge is -2.27. The molecule has 1 fully saturated rings. The predicted octanol–water partition coefficient (Wildman–Crippen LogP) is 4.07. The van der Waals surface area contributed by atoms with E-state index in [2.05, 4.69) is 37.8 Å². The standard InChI is InChI=1S/C17H28N2O/c1-4-12-20-16-7-5-6-15(17(16)18)19(14-8-9-14)11-10-13(2)3/h5-7,13-14H,4,8-12,18H2,1-3H3. The second-order valence-corrected chi connectivity index (χ2v) is 6.14. The first kappa shape index (κ1) is 15.0. The van der Waals surface area contributed by atoms with Crippen molar-refractivity contribution in [2.24, 2.45) is 5.92 Å². The van der Waals surface area contributed by atoms with E-state index in [1.807, 2.05) is 6.07 Å². The average Bonchev–Trinajstić information content (AvgIpc) is 3.23. The predicted molar refractivity (Wildman–Crippen MR) is 86.5 cm³/mol. The number of rotatable bonds is 8. The Morgan fingerprint density at radius 1 is 1.35 bits per heavy atom. The zero-order valence-electron chi connectivity index (χ0n) is 13.1. The van der Waals surface area contributed by atoms with Gasteiger partial charge in [0.25, 0.3) is 0 Å². The summed E-state index contributed by atoms with van der Waals surface area (Å²) in [5.74, 6) is 1.55. The zero-order chi connectivity index (χ0) is 14.5. The van der Waals surface area contributed by atoms with Gasteiger partial charge in [0.15, 0.2) is 0 Å². The molecule has 1 aliphatic rings. The van der Waals surface area contributed by atoms with Crippen LogP contribution < -0.4 is 15.4 Å². The summed E-state index contributed by atoms with van der Waals surface area (Å²) < 4.78 is 5.75. The Morgan fingerprint density at radius 2 is 2.10 bits per heavy atom. The third-order valence-corrected chi connectivity index (χ3v) is 3.75. The molecule has 0 aliphatic heterocycles. The Hall–Kier alpha value is -1.38. The maximum atomic E-state index is 6.33. The van der Waals surface area contributed by atoms with E-state index in [0.717, 1.165) is 42.6 Å². The van der Waals surface area contributed by atoms with Crippen LogP contribution in [0, 0.1) is 5.92 Å². The number of hydrogen-bond acceptors (Lipinski definition) is 3. The van der Waals surface area contributed by atoms with Crippen LogP contribution in [-0.2, 0) is 0 Å². The number of benzene rings is 1. The molecule has 1 aromatic carbocycles. The van der Waals surface area contributed by atoms with E-state index in [1.54, 1.807) is 0 Å². The molecule has 3 nitrogen and oxygen atoms in total. The molecule has 1 aromatic rings.